The van der Waals surface area contributed by atoms with Gasteiger partial charge in [0.15, 0.2) is 5.84 Å². The SMILES string of the molecule is NCCCCn1c(=O)c(C2=NS(=O)(=O)c3ccccc3N2)c(O)c2ccccc21. The number of nitrogens with two attached hydrogens (primary N) is 1. The summed E-state index contributed by atoms with van der Waals surface area (Å²) in [6.45, 7) is 0.890. The van der Waals surface area contributed by atoms with Crippen LogP contribution in [0.15, 0.2) is 62.6 Å². The Morgan fingerprint density at radius 3 is 2.59 bits per heavy atom. The number of rotatable bonds is 5. The molecule has 2 aromatic carbocycles. The average molecular weight is 412 g/mol. The van der Waals surface area contributed by atoms with Crippen molar-refractivity contribution in [3.8, 4) is 5.75 Å². The summed E-state index contributed by atoms with van der Waals surface area (Å²) in [7, 11) is -4.01. The molecule has 2 heterocycles. The minimum Gasteiger partial charge on any atom is -0.506 e. The molecule has 0 spiro atoms. The molecule has 1 aliphatic rings. The van der Waals surface area contributed by atoms with E-state index in [2.05, 4.69) is 9.71 Å². The maximum Gasteiger partial charge on any atom is 0.286 e. The van der Waals surface area contributed by atoms with Crippen LogP contribution >= 0.6 is 0 Å². The lowest BCUT2D eigenvalue weighted by atomic mass is 10.1. The minimum absolute atomic E-state index is 0.0206. The van der Waals surface area contributed by atoms with E-state index in [9.17, 15) is 18.3 Å². The molecule has 0 saturated carbocycles. The molecule has 4 N–H and O–H groups in total. The van der Waals surface area contributed by atoms with Gasteiger partial charge in [0, 0.05) is 11.9 Å². The highest BCUT2D eigenvalue weighted by molar-refractivity contribution is 7.90. The summed E-state index contributed by atoms with van der Waals surface area (Å²) in [5.41, 5.74) is 5.75. The Kier molecular flexibility index (Phi) is 4.85. The number of para-hydroxylation sites is 2. The molecule has 0 fully saturated rings. The molecule has 8 nitrogen and oxygen atoms in total. The number of pyridine rings is 1. The van der Waals surface area contributed by atoms with Crippen molar-refractivity contribution in [2.45, 2.75) is 24.3 Å². The zero-order valence-electron chi connectivity index (χ0n) is 15.5. The van der Waals surface area contributed by atoms with Crippen LogP contribution in [-0.2, 0) is 16.6 Å². The van der Waals surface area contributed by atoms with E-state index < -0.39 is 15.6 Å². The van der Waals surface area contributed by atoms with Crippen molar-refractivity contribution in [3.05, 3.63) is 64.4 Å². The molecule has 4 rings (SSSR count). The Hall–Kier alpha value is -3.17. The Labute approximate surface area is 167 Å². The standard InChI is InChI=1S/C20H20N4O4S/c21-11-5-6-12-24-15-9-3-1-7-13(15)18(25)17(20(24)26)19-22-14-8-2-4-10-16(14)29(27,28)23-19/h1-4,7-10,25H,5-6,11-12,21H2,(H,22,23). The highest BCUT2D eigenvalue weighted by Gasteiger charge is 2.29. The summed E-state index contributed by atoms with van der Waals surface area (Å²) < 4.78 is 30.5. The molecule has 3 aromatic rings. The number of hydrogen-bond acceptors (Lipinski definition) is 6. The maximum absolute atomic E-state index is 13.3. The van der Waals surface area contributed by atoms with Crippen molar-refractivity contribution in [2.75, 3.05) is 11.9 Å². The molecule has 0 unspecified atom stereocenters. The molecule has 9 heteroatoms. The van der Waals surface area contributed by atoms with Gasteiger partial charge in [-0.2, -0.15) is 8.42 Å². The topological polar surface area (TPSA) is 127 Å². The van der Waals surface area contributed by atoms with E-state index >= 15 is 0 Å². The Morgan fingerprint density at radius 2 is 1.79 bits per heavy atom. The first kappa shape index (κ1) is 19.2. The second kappa shape index (κ2) is 7.34. The van der Waals surface area contributed by atoms with E-state index in [0.29, 0.717) is 36.1 Å². The predicted molar refractivity (Wildman–Crippen MR) is 112 cm³/mol. The zero-order valence-corrected chi connectivity index (χ0v) is 16.3. The fourth-order valence-corrected chi connectivity index (χ4v) is 4.59. The van der Waals surface area contributed by atoms with E-state index in [1.165, 1.54) is 10.6 Å². The van der Waals surface area contributed by atoms with Crippen molar-refractivity contribution in [1.29, 1.82) is 0 Å². The maximum atomic E-state index is 13.3. The Bertz CT molecular complexity index is 1300. The summed E-state index contributed by atoms with van der Waals surface area (Å²) in [4.78, 5) is 13.3. The van der Waals surface area contributed by atoms with E-state index in [1.807, 2.05) is 0 Å². The predicted octanol–water partition coefficient (Wildman–Crippen LogP) is 2.01. The molecule has 0 atom stereocenters. The van der Waals surface area contributed by atoms with Gasteiger partial charge >= 0.3 is 0 Å². The van der Waals surface area contributed by atoms with Crippen LogP contribution in [0.1, 0.15) is 18.4 Å². The van der Waals surface area contributed by atoms with Crippen LogP contribution in [0.2, 0.25) is 0 Å². The molecule has 29 heavy (non-hydrogen) atoms. The third-order valence-corrected chi connectivity index (χ3v) is 6.18. The van der Waals surface area contributed by atoms with Crippen molar-refractivity contribution in [2.24, 2.45) is 10.1 Å². The number of nitrogens with zero attached hydrogens (tertiary/aromatic N) is 2. The molecular formula is C20H20N4O4S. The third-order valence-electron chi connectivity index (χ3n) is 4.85. The largest absolute Gasteiger partial charge is 0.506 e. The van der Waals surface area contributed by atoms with E-state index in [4.69, 9.17) is 5.73 Å². The smallest absolute Gasteiger partial charge is 0.286 e. The van der Waals surface area contributed by atoms with Gasteiger partial charge in [0.25, 0.3) is 15.6 Å². The number of hydrogen-bond donors (Lipinski definition) is 3. The van der Waals surface area contributed by atoms with Crippen molar-refractivity contribution < 1.29 is 13.5 Å². The number of amidine groups is 1. The zero-order chi connectivity index (χ0) is 20.6. The highest BCUT2D eigenvalue weighted by Crippen LogP contribution is 2.32. The Morgan fingerprint density at radius 1 is 1.07 bits per heavy atom. The van der Waals surface area contributed by atoms with Gasteiger partial charge in [-0.05, 0) is 43.7 Å². The molecular weight excluding hydrogens is 392 g/mol. The number of sulfonamides is 1. The first-order chi connectivity index (χ1) is 13.9. The highest BCUT2D eigenvalue weighted by atomic mass is 32.2. The lowest BCUT2D eigenvalue weighted by Gasteiger charge is -2.20. The van der Waals surface area contributed by atoms with Crippen LogP contribution in [0.5, 0.6) is 5.75 Å². The third kappa shape index (κ3) is 3.28. The second-order valence-electron chi connectivity index (χ2n) is 6.73. The van der Waals surface area contributed by atoms with Crippen LogP contribution in [0, 0.1) is 0 Å². The number of nitrogens with one attached hydrogen (secondary N) is 1. The fraction of sp³-hybridized carbons (Fsp3) is 0.200. The van der Waals surface area contributed by atoms with Crippen LogP contribution in [0.4, 0.5) is 5.69 Å². The molecule has 0 bridgehead atoms. The molecule has 1 aliphatic heterocycles. The van der Waals surface area contributed by atoms with Crippen molar-refractivity contribution >= 4 is 32.4 Å². The summed E-state index contributed by atoms with van der Waals surface area (Å²) in [5.74, 6) is -0.494. The van der Waals surface area contributed by atoms with Crippen LogP contribution in [0.3, 0.4) is 0 Å². The lowest BCUT2D eigenvalue weighted by molar-refractivity contribution is 0.476. The van der Waals surface area contributed by atoms with E-state index in [0.717, 1.165) is 6.42 Å². The van der Waals surface area contributed by atoms with Gasteiger partial charge in [0.05, 0.1) is 11.2 Å². The van der Waals surface area contributed by atoms with E-state index in [-0.39, 0.29) is 22.0 Å². The normalized spacial score (nSPS) is 14.9. The number of aromatic hydroxyl groups is 1. The minimum atomic E-state index is -4.01. The van der Waals surface area contributed by atoms with Crippen molar-refractivity contribution in [1.82, 2.24) is 4.57 Å². The monoisotopic (exact) mass is 412 g/mol. The number of aromatic nitrogens is 1. The van der Waals surface area contributed by atoms with Gasteiger partial charge in [-0.3, -0.25) is 4.79 Å². The van der Waals surface area contributed by atoms with Gasteiger partial charge in [-0.1, -0.05) is 24.3 Å². The molecule has 0 aliphatic carbocycles. The molecule has 0 saturated heterocycles. The number of anilines is 1. The first-order valence-electron chi connectivity index (χ1n) is 9.20. The lowest BCUT2D eigenvalue weighted by Crippen LogP contribution is -2.32. The molecule has 150 valence electrons. The van der Waals surface area contributed by atoms with Gasteiger partial charge in [-0.25, -0.2) is 0 Å². The number of benzene rings is 2. The molecule has 0 amide bonds. The van der Waals surface area contributed by atoms with E-state index in [1.54, 1.807) is 42.5 Å². The quantitative estimate of drug-likeness (QED) is 0.550. The van der Waals surface area contributed by atoms with Gasteiger partial charge in [-0.15, -0.1) is 4.40 Å². The van der Waals surface area contributed by atoms with Crippen LogP contribution in [-0.4, -0.2) is 30.5 Å². The number of aryl methyl sites for hydroxylation is 1. The van der Waals surface area contributed by atoms with Gasteiger partial charge in [0.2, 0.25) is 0 Å². The summed E-state index contributed by atoms with van der Waals surface area (Å²) >= 11 is 0. The first-order valence-corrected chi connectivity index (χ1v) is 10.6. The Balaban J connectivity index is 1.95. The van der Waals surface area contributed by atoms with Gasteiger partial charge in [0.1, 0.15) is 16.2 Å². The van der Waals surface area contributed by atoms with Crippen LogP contribution < -0.4 is 16.6 Å². The van der Waals surface area contributed by atoms with Gasteiger partial charge < -0.3 is 20.7 Å². The summed E-state index contributed by atoms with van der Waals surface area (Å²) in [5, 5.41) is 14.2. The number of unbranched alkanes of at least 4 members (excludes halogenated alkanes) is 1. The molecule has 1 aromatic heterocycles. The van der Waals surface area contributed by atoms with Crippen LogP contribution in [0.25, 0.3) is 10.9 Å². The van der Waals surface area contributed by atoms with Crippen molar-refractivity contribution in [3.63, 3.8) is 0 Å². The molecule has 0 radical (unpaired) electrons. The average Bonchev–Trinajstić information content (AvgIpc) is 2.70. The second-order valence-corrected chi connectivity index (χ2v) is 8.30. The fourth-order valence-electron chi connectivity index (χ4n) is 3.46. The number of fused-ring (bicyclic) bond motifs is 2. The summed E-state index contributed by atoms with van der Waals surface area (Å²) in [6, 6.07) is 13.2. The summed E-state index contributed by atoms with van der Waals surface area (Å²) in [6.07, 6.45) is 1.41.